The number of hydrogen-bond acceptors (Lipinski definition) is 12. The molecule has 57 heavy (non-hydrogen) atoms. The number of H-pyrrole nitrogens is 2. The summed E-state index contributed by atoms with van der Waals surface area (Å²) in [6.45, 7) is 8.73. The first-order valence-electron chi connectivity index (χ1n) is 19.1. The monoisotopic (exact) mass is 799 g/mol. The molecule has 0 saturated carbocycles. The Bertz CT molecular complexity index is 1910. The molecule has 0 spiro atoms. The minimum atomic E-state index is -1.44. The van der Waals surface area contributed by atoms with Gasteiger partial charge in [-0.3, -0.25) is 48.8 Å². The molecule has 1 aromatic heterocycles. The van der Waals surface area contributed by atoms with Gasteiger partial charge in [0, 0.05) is 31.7 Å². The first kappa shape index (κ1) is 45.6. The summed E-state index contributed by atoms with van der Waals surface area (Å²) < 4.78 is 5.38. The van der Waals surface area contributed by atoms with Crippen LogP contribution in [0.3, 0.4) is 0 Å². The highest BCUT2D eigenvalue weighted by atomic mass is 16.6. The number of aromatic nitrogens is 2. The Morgan fingerprint density at radius 2 is 1.61 bits per heavy atom. The van der Waals surface area contributed by atoms with E-state index in [1.165, 1.54) is 18.2 Å². The predicted molar refractivity (Wildman–Crippen MR) is 213 cm³/mol. The molecule has 314 valence electrons. The van der Waals surface area contributed by atoms with Gasteiger partial charge in [-0.25, -0.2) is 9.69 Å². The Balaban J connectivity index is 1.97. The van der Waals surface area contributed by atoms with Crippen molar-refractivity contribution >= 4 is 58.0 Å². The Morgan fingerprint density at radius 1 is 0.965 bits per heavy atom. The molecule has 2 aromatic rings. The van der Waals surface area contributed by atoms with E-state index in [-0.39, 0.29) is 60.6 Å². The SMILES string of the molecule is CC[C@H](C)[C@H](NC(=O)OC(C)(C)C)C(=O)N(C(=O)CNC(=O)[C@@H](N)CCC(=O)N1CCCCC1)C(=O)[C@H](CCCN=C(N)N)Nc1ccc2c(=O)[nH][nH]c(=O)c2c1. The van der Waals surface area contributed by atoms with Crippen LogP contribution in [0.25, 0.3) is 10.8 Å². The smallest absolute Gasteiger partial charge is 0.408 e. The topological polar surface area (TPSA) is 310 Å². The first-order valence-corrected chi connectivity index (χ1v) is 19.1. The molecule has 20 heteroatoms. The van der Waals surface area contributed by atoms with Gasteiger partial charge in [0.05, 0.1) is 23.4 Å². The number of likely N-dealkylation sites (tertiary alicyclic amines) is 1. The second-order valence-corrected chi connectivity index (χ2v) is 15.0. The van der Waals surface area contributed by atoms with Crippen LogP contribution in [0.5, 0.6) is 0 Å². The summed E-state index contributed by atoms with van der Waals surface area (Å²) in [7, 11) is 0. The Morgan fingerprint density at radius 3 is 2.23 bits per heavy atom. The number of carbonyl (C=O) groups is 6. The highest BCUT2D eigenvalue weighted by Crippen LogP contribution is 2.20. The molecule has 3 rings (SSSR count). The Kier molecular flexibility index (Phi) is 16.7. The number of nitrogens with two attached hydrogens (primary N) is 3. The number of rotatable bonds is 17. The van der Waals surface area contributed by atoms with Crippen molar-refractivity contribution < 1.29 is 33.5 Å². The number of piperidine rings is 1. The van der Waals surface area contributed by atoms with Crippen molar-refractivity contribution in [1.82, 2.24) is 30.6 Å². The van der Waals surface area contributed by atoms with Crippen LogP contribution in [0.4, 0.5) is 10.5 Å². The number of nitrogens with one attached hydrogen (secondary N) is 5. The molecule has 4 atom stereocenters. The third-order valence-corrected chi connectivity index (χ3v) is 9.35. The van der Waals surface area contributed by atoms with Gasteiger partial charge >= 0.3 is 6.09 Å². The number of amides is 6. The number of hydrogen-bond donors (Lipinski definition) is 8. The number of carbonyl (C=O) groups excluding carboxylic acids is 6. The molecule has 11 N–H and O–H groups in total. The molecule has 0 unspecified atom stereocenters. The minimum Gasteiger partial charge on any atom is -0.444 e. The molecular formula is C37H57N11O9. The lowest BCUT2D eigenvalue weighted by Crippen LogP contribution is -2.60. The van der Waals surface area contributed by atoms with E-state index < -0.39 is 77.0 Å². The van der Waals surface area contributed by atoms with Crippen molar-refractivity contribution in [2.45, 2.75) is 110 Å². The normalized spacial score (nSPS) is 15.0. The van der Waals surface area contributed by atoms with Crippen LogP contribution in [-0.4, -0.2) is 111 Å². The van der Waals surface area contributed by atoms with E-state index in [0.717, 1.165) is 19.3 Å². The number of anilines is 1. The lowest BCUT2D eigenvalue weighted by atomic mass is 9.97. The second-order valence-electron chi connectivity index (χ2n) is 15.0. The quantitative estimate of drug-likeness (QED) is 0.0599. The Labute approximate surface area is 330 Å². The molecule has 1 aliphatic heterocycles. The molecule has 0 radical (unpaired) electrons. The average Bonchev–Trinajstić information content (AvgIpc) is 3.16. The largest absolute Gasteiger partial charge is 0.444 e. The van der Waals surface area contributed by atoms with Crippen molar-refractivity contribution in [3.8, 4) is 0 Å². The number of alkyl carbamates (subject to hydrolysis) is 1. The minimum absolute atomic E-state index is 0.00488. The van der Waals surface area contributed by atoms with Crippen LogP contribution in [0.1, 0.15) is 86.0 Å². The summed E-state index contributed by atoms with van der Waals surface area (Å²) in [6.07, 6.45) is 2.31. The standard InChI is InChI=1S/C37H57N11O9/c1-6-21(2)29(44-36(56)57-37(3,4)5)34(55)48(28(50)20-42-32(53)25(38)14-15-27(49)47-17-8-7-9-18-47)33(54)26(11-10-16-41-35(39)40)43-22-12-13-23-24(19-22)31(52)46-45-30(23)51/h12-13,19,21,25-26,29,43H,6-11,14-18,20,38H2,1-5H3,(H,42,53)(H,44,56)(H,45,51)(H,46,52)(H4,39,40,41)/t21-,25-,26-,29-/m0/s1. The van der Waals surface area contributed by atoms with E-state index in [9.17, 15) is 38.4 Å². The number of nitrogens with zero attached hydrogens (tertiary/aromatic N) is 3. The van der Waals surface area contributed by atoms with Crippen LogP contribution < -0.4 is 44.3 Å². The van der Waals surface area contributed by atoms with Gasteiger partial charge in [-0.15, -0.1) is 0 Å². The highest BCUT2D eigenvalue weighted by Gasteiger charge is 2.40. The molecule has 6 amide bonds. The van der Waals surface area contributed by atoms with Crippen LogP contribution in [0.15, 0.2) is 32.8 Å². The molecule has 20 nitrogen and oxygen atoms in total. The molecule has 0 aliphatic carbocycles. The maximum absolute atomic E-state index is 14.6. The number of imide groups is 3. The fourth-order valence-electron chi connectivity index (χ4n) is 6.08. The number of fused-ring (bicyclic) bond motifs is 1. The fraction of sp³-hybridized carbons (Fsp3) is 0.595. The van der Waals surface area contributed by atoms with Gasteiger partial charge in [0.2, 0.25) is 11.8 Å². The number of ether oxygens (including phenoxy) is 1. The summed E-state index contributed by atoms with van der Waals surface area (Å²) in [5.74, 6) is -5.06. The van der Waals surface area contributed by atoms with Gasteiger partial charge in [-0.1, -0.05) is 20.3 Å². The van der Waals surface area contributed by atoms with Crippen LogP contribution in [0.2, 0.25) is 0 Å². The summed E-state index contributed by atoms with van der Waals surface area (Å²) in [4.78, 5) is 113. The van der Waals surface area contributed by atoms with Crippen LogP contribution in [0, 0.1) is 5.92 Å². The predicted octanol–water partition coefficient (Wildman–Crippen LogP) is 0.108. The van der Waals surface area contributed by atoms with E-state index in [1.807, 2.05) is 0 Å². The molecule has 0 bridgehead atoms. The van der Waals surface area contributed by atoms with Gasteiger partial charge in [0.15, 0.2) is 5.96 Å². The molecule has 2 heterocycles. The summed E-state index contributed by atoms with van der Waals surface area (Å²) in [5.41, 5.74) is 15.1. The maximum Gasteiger partial charge on any atom is 0.408 e. The summed E-state index contributed by atoms with van der Waals surface area (Å²) in [5, 5.41) is 12.4. The van der Waals surface area contributed by atoms with Gasteiger partial charge in [0.25, 0.3) is 28.8 Å². The zero-order valence-corrected chi connectivity index (χ0v) is 33.3. The van der Waals surface area contributed by atoms with Crippen molar-refractivity contribution in [3.05, 3.63) is 38.9 Å². The van der Waals surface area contributed by atoms with Gasteiger partial charge in [-0.05, 0) is 83.4 Å². The highest BCUT2D eigenvalue weighted by molar-refractivity contribution is 6.15. The molecular weight excluding hydrogens is 742 g/mol. The number of aliphatic imine (C=N–C) groups is 1. The van der Waals surface area contributed by atoms with Crippen LogP contribution >= 0.6 is 0 Å². The van der Waals surface area contributed by atoms with Gasteiger partial charge in [0.1, 0.15) is 17.7 Å². The van der Waals surface area contributed by atoms with Crippen LogP contribution in [-0.2, 0) is 28.7 Å². The second kappa shape index (κ2) is 20.9. The molecule has 1 fully saturated rings. The third kappa shape index (κ3) is 13.7. The lowest BCUT2D eigenvalue weighted by molar-refractivity contribution is -0.156. The third-order valence-electron chi connectivity index (χ3n) is 9.35. The number of benzene rings is 1. The first-order chi connectivity index (χ1) is 26.8. The molecule has 1 saturated heterocycles. The maximum atomic E-state index is 14.6. The van der Waals surface area contributed by atoms with E-state index in [1.54, 1.807) is 39.5 Å². The van der Waals surface area contributed by atoms with Gasteiger partial charge in [-0.2, -0.15) is 0 Å². The van der Waals surface area contributed by atoms with Gasteiger partial charge < -0.3 is 42.8 Å². The number of guanidine groups is 1. The lowest BCUT2D eigenvalue weighted by Gasteiger charge is -2.32. The fourth-order valence-corrected chi connectivity index (χ4v) is 6.08. The zero-order valence-electron chi connectivity index (χ0n) is 33.3. The van der Waals surface area contributed by atoms with Crippen molar-refractivity contribution in [1.29, 1.82) is 0 Å². The van der Waals surface area contributed by atoms with E-state index in [2.05, 4.69) is 31.1 Å². The molecule has 1 aliphatic rings. The zero-order chi connectivity index (χ0) is 42.4. The van der Waals surface area contributed by atoms with E-state index in [0.29, 0.717) is 24.4 Å². The van der Waals surface area contributed by atoms with E-state index >= 15 is 0 Å². The average molecular weight is 800 g/mol. The van der Waals surface area contributed by atoms with Crippen molar-refractivity contribution in [3.63, 3.8) is 0 Å². The van der Waals surface area contributed by atoms with Crippen molar-refractivity contribution in [2.24, 2.45) is 28.1 Å². The Hall–Kier alpha value is -5.79. The molecule has 1 aromatic carbocycles. The summed E-state index contributed by atoms with van der Waals surface area (Å²) in [6, 6.07) is 0.153. The van der Waals surface area contributed by atoms with E-state index in [4.69, 9.17) is 21.9 Å². The number of aromatic amines is 2. The summed E-state index contributed by atoms with van der Waals surface area (Å²) >= 11 is 0. The van der Waals surface area contributed by atoms with Crippen molar-refractivity contribution in [2.75, 3.05) is 31.5 Å².